The summed E-state index contributed by atoms with van der Waals surface area (Å²) in [6.07, 6.45) is 2.59. The highest BCUT2D eigenvalue weighted by atomic mass is 16.5. The molecule has 0 saturated carbocycles. The van der Waals surface area contributed by atoms with Crippen LogP contribution in [0.4, 0.5) is 0 Å². The maximum absolute atomic E-state index is 5.34. The lowest BCUT2D eigenvalue weighted by molar-refractivity contribution is 0.287. The van der Waals surface area contributed by atoms with Crippen molar-refractivity contribution in [3.05, 3.63) is 12.3 Å². The molecule has 0 radical (unpaired) electrons. The van der Waals surface area contributed by atoms with Gasteiger partial charge in [0, 0.05) is 13.1 Å². The highest BCUT2D eigenvalue weighted by Gasteiger charge is 1.96. The number of aryl methyl sites for hydroxylation is 1. The van der Waals surface area contributed by atoms with E-state index < -0.39 is 0 Å². The predicted molar refractivity (Wildman–Crippen MR) is 42.4 cm³/mol. The number of hydrogen-bond donors (Lipinski definition) is 1. The first-order chi connectivity index (χ1) is 5.34. The first-order valence-electron chi connectivity index (χ1n) is 3.65. The Morgan fingerprint density at radius 2 is 2.55 bits per heavy atom. The smallest absolute Gasteiger partial charge is 0.211 e. The molecule has 2 N–H and O–H groups in total. The van der Waals surface area contributed by atoms with Crippen molar-refractivity contribution in [3.8, 4) is 5.88 Å². The van der Waals surface area contributed by atoms with Crippen molar-refractivity contribution in [1.29, 1.82) is 0 Å². The molecule has 0 fully saturated rings. The average Bonchev–Trinajstić information content (AvgIpc) is 2.37. The molecule has 1 aromatic heterocycles. The standard InChI is InChI=1S/C7H13N3O/c1-10-7(3-5-9-10)11-6-2-4-8/h3,5H,2,4,6,8H2,1H3. The van der Waals surface area contributed by atoms with Gasteiger partial charge < -0.3 is 10.5 Å². The quantitative estimate of drug-likeness (QED) is 0.629. The van der Waals surface area contributed by atoms with Gasteiger partial charge in [0.15, 0.2) is 0 Å². The van der Waals surface area contributed by atoms with E-state index in [1.807, 2.05) is 13.1 Å². The zero-order valence-corrected chi connectivity index (χ0v) is 6.66. The molecule has 4 nitrogen and oxygen atoms in total. The topological polar surface area (TPSA) is 53.1 Å². The van der Waals surface area contributed by atoms with Crippen LogP contribution in [-0.2, 0) is 7.05 Å². The summed E-state index contributed by atoms with van der Waals surface area (Å²) in [5.74, 6) is 0.790. The summed E-state index contributed by atoms with van der Waals surface area (Å²) in [5, 5.41) is 3.96. The molecule has 4 heteroatoms. The molecule has 0 aliphatic carbocycles. The number of rotatable bonds is 4. The lowest BCUT2D eigenvalue weighted by Gasteiger charge is -2.03. The largest absolute Gasteiger partial charge is 0.478 e. The fourth-order valence-electron chi connectivity index (χ4n) is 0.763. The molecule has 0 unspecified atom stereocenters. The Labute approximate surface area is 66.0 Å². The minimum atomic E-state index is 0.663. The van der Waals surface area contributed by atoms with Crippen LogP contribution in [0.1, 0.15) is 6.42 Å². The molecule has 0 saturated heterocycles. The number of nitrogens with zero attached hydrogens (tertiary/aromatic N) is 2. The molecule has 0 atom stereocenters. The second-order valence-corrected chi connectivity index (χ2v) is 2.28. The summed E-state index contributed by atoms with van der Waals surface area (Å²) in [6.45, 7) is 1.33. The SMILES string of the molecule is Cn1nccc1OCCCN. The van der Waals surface area contributed by atoms with Crippen LogP contribution >= 0.6 is 0 Å². The van der Waals surface area contributed by atoms with Gasteiger partial charge in [-0.25, -0.2) is 4.68 Å². The summed E-state index contributed by atoms with van der Waals surface area (Å²) < 4.78 is 7.03. The van der Waals surface area contributed by atoms with E-state index in [1.54, 1.807) is 10.9 Å². The fourth-order valence-corrected chi connectivity index (χ4v) is 0.763. The van der Waals surface area contributed by atoms with Crippen LogP contribution in [0.3, 0.4) is 0 Å². The van der Waals surface area contributed by atoms with Gasteiger partial charge in [-0.1, -0.05) is 0 Å². The molecule has 0 aliphatic rings. The second-order valence-electron chi connectivity index (χ2n) is 2.28. The highest BCUT2D eigenvalue weighted by Crippen LogP contribution is 2.06. The van der Waals surface area contributed by atoms with Gasteiger partial charge in [0.25, 0.3) is 0 Å². The van der Waals surface area contributed by atoms with Crippen molar-refractivity contribution in [2.45, 2.75) is 6.42 Å². The lowest BCUT2D eigenvalue weighted by Crippen LogP contribution is -2.07. The second kappa shape index (κ2) is 3.98. The molecule has 0 spiro atoms. The third-order valence-corrected chi connectivity index (χ3v) is 1.37. The van der Waals surface area contributed by atoms with E-state index >= 15 is 0 Å². The summed E-state index contributed by atoms with van der Waals surface area (Å²) in [6, 6.07) is 1.83. The Kier molecular flexibility index (Phi) is 2.92. The van der Waals surface area contributed by atoms with Gasteiger partial charge in [-0.15, -0.1) is 0 Å². The van der Waals surface area contributed by atoms with Crippen LogP contribution in [0.15, 0.2) is 12.3 Å². The monoisotopic (exact) mass is 155 g/mol. The van der Waals surface area contributed by atoms with Crippen LogP contribution in [0, 0.1) is 0 Å². The molecular weight excluding hydrogens is 142 g/mol. The lowest BCUT2D eigenvalue weighted by atomic mass is 10.5. The normalized spacial score (nSPS) is 10.0. The van der Waals surface area contributed by atoms with E-state index in [0.717, 1.165) is 12.3 Å². The summed E-state index contributed by atoms with van der Waals surface area (Å²) in [5.41, 5.74) is 5.30. The van der Waals surface area contributed by atoms with Gasteiger partial charge in [0.2, 0.25) is 5.88 Å². The van der Waals surface area contributed by atoms with E-state index in [9.17, 15) is 0 Å². The molecule has 0 aliphatic heterocycles. The highest BCUT2D eigenvalue weighted by molar-refractivity contribution is 5.06. The number of nitrogens with two attached hydrogens (primary N) is 1. The first kappa shape index (κ1) is 8.07. The van der Waals surface area contributed by atoms with E-state index in [1.165, 1.54) is 0 Å². The van der Waals surface area contributed by atoms with Crippen molar-refractivity contribution in [2.75, 3.05) is 13.2 Å². The van der Waals surface area contributed by atoms with E-state index in [-0.39, 0.29) is 0 Å². The van der Waals surface area contributed by atoms with E-state index in [0.29, 0.717) is 13.2 Å². The summed E-state index contributed by atoms with van der Waals surface area (Å²) in [7, 11) is 1.85. The minimum absolute atomic E-state index is 0.663. The fraction of sp³-hybridized carbons (Fsp3) is 0.571. The van der Waals surface area contributed by atoms with Crippen LogP contribution < -0.4 is 10.5 Å². The Hall–Kier alpha value is -1.03. The molecule has 1 rings (SSSR count). The van der Waals surface area contributed by atoms with Gasteiger partial charge in [-0.3, -0.25) is 0 Å². The third kappa shape index (κ3) is 2.23. The van der Waals surface area contributed by atoms with Gasteiger partial charge in [0.1, 0.15) is 0 Å². The molecule has 0 bridgehead atoms. The van der Waals surface area contributed by atoms with Crippen molar-refractivity contribution >= 4 is 0 Å². The zero-order valence-electron chi connectivity index (χ0n) is 6.66. The van der Waals surface area contributed by atoms with Crippen molar-refractivity contribution in [2.24, 2.45) is 12.8 Å². The van der Waals surface area contributed by atoms with Crippen LogP contribution in [-0.4, -0.2) is 22.9 Å². The van der Waals surface area contributed by atoms with Crippen molar-refractivity contribution in [3.63, 3.8) is 0 Å². The molecule has 62 valence electrons. The number of hydrogen-bond acceptors (Lipinski definition) is 3. The molecule has 0 aromatic carbocycles. The average molecular weight is 155 g/mol. The minimum Gasteiger partial charge on any atom is -0.478 e. The Balaban J connectivity index is 2.32. The Bertz CT molecular complexity index is 209. The van der Waals surface area contributed by atoms with Gasteiger partial charge in [0.05, 0.1) is 12.8 Å². The van der Waals surface area contributed by atoms with Crippen LogP contribution in [0.5, 0.6) is 5.88 Å². The van der Waals surface area contributed by atoms with Gasteiger partial charge in [-0.2, -0.15) is 5.10 Å². The summed E-state index contributed by atoms with van der Waals surface area (Å²) in [4.78, 5) is 0. The Morgan fingerprint density at radius 3 is 3.09 bits per heavy atom. The maximum atomic E-state index is 5.34. The molecule has 1 heterocycles. The number of aromatic nitrogens is 2. The zero-order chi connectivity index (χ0) is 8.10. The van der Waals surface area contributed by atoms with Crippen molar-refractivity contribution < 1.29 is 4.74 Å². The van der Waals surface area contributed by atoms with Crippen LogP contribution in [0.2, 0.25) is 0 Å². The molecular formula is C7H13N3O. The molecule has 0 amide bonds. The number of ether oxygens (including phenoxy) is 1. The van der Waals surface area contributed by atoms with E-state index in [2.05, 4.69) is 5.10 Å². The predicted octanol–water partition coefficient (Wildman–Crippen LogP) is 0.148. The summed E-state index contributed by atoms with van der Waals surface area (Å²) >= 11 is 0. The van der Waals surface area contributed by atoms with Crippen LogP contribution in [0.25, 0.3) is 0 Å². The van der Waals surface area contributed by atoms with Gasteiger partial charge in [-0.05, 0) is 13.0 Å². The van der Waals surface area contributed by atoms with Gasteiger partial charge >= 0.3 is 0 Å². The first-order valence-corrected chi connectivity index (χ1v) is 3.65. The third-order valence-electron chi connectivity index (χ3n) is 1.37. The molecule has 11 heavy (non-hydrogen) atoms. The van der Waals surface area contributed by atoms with E-state index in [4.69, 9.17) is 10.5 Å². The van der Waals surface area contributed by atoms with Crippen molar-refractivity contribution in [1.82, 2.24) is 9.78 Å². The maximum Gasteiger partial charge on any atom is 0.211 e. The molecule has 1 aromatic rings. The Morgan fingerprint density at radius 1 is 1.73 bits per heavy atom.